The van der Waals surface area contributed by atoms with Crippen molar-refractivity contribution in [1.82, 2.24) is 0 Å². The molecule has 0 radical (unpaired) electrons. The summed E-state index contributed by atoms with van der Waals surface area (Å²) < 4.78 is 5.10. The maximum Gasteiger partial charge on any atom is 0.0714 e. The third kappa shape index (κ3) is 7.40. The first kappa shape index (κ1) is 50.7. The Hall–Kier alpha value is -10.6. The number of benzene rings is 14. The van der Waals surface area contributed by atoms with Crippen molar-refractivity contribution in [3.8, 4) is 22.3 Å². The van der Waals surface area contributed by atoms with Crippen LogP contribution in [0.25, 0.3) is 73.4 Å². The fourth-order valence-corrected chi connectivity index (χ4v) is 17.7. The van der Waals surface area contributed by atoms with Crippen LogP contribution in [0.4, 0.5) is 34.1 Å². The number of nitrogens with zero attached hydrogens (tertiary/aromatic N) is 2. The lowest BCUT2D eigenvalue weighted by Gasteiger charge is -2.35. The average Bonchev–Trinajstić information content (AvgIpc) is 1.67. The van der Waals surface area contributed by atoms with Gasteiger partial charge in [0.05, 0.1) is 10.8 Å². The summed E-state index contributed by atoms with van der Waals surface area (Å²) in [6.45, 7) is 0. The van der Waals surface area contributed by atoms with Gasteiger partial charge in [0.2, 0.25) is 0 Å². The van der Waals surface area contributed by atoms with Crippen molar-refractivity contribution >= 4 is 108 Å². The van der Waals surface area contributed by atoms with Crippen LogP contribution in [0.1, 0.15) is 44.5 Å². The summed E-state index contributed by atoms with van der Waals surface area (Å²) in [6.07, 6.45) is 0. The van der Waals surface area contributed by atoms with Gasteiger partial charge in [-0.05, 0) is 162 Å². The van der Waals surface area contributed by atoms with Gasteiger partial charge in [0.25, 0.3) is 0 Å². The molecule has 88 heavy (non-hydrogen) atoms. The molecule has 2 aromatic heterocycles. The molecule has 2 nitrogen and oxygen atoms in total. The van der Waals surface area contributed by atoms with Crippen LogP contribution in [0.3, 0.4) is 0 Å². The Kier molecular flexibility index (Phi) is 11.5. The largest absolute Gasteiger partial charge is 0.310 e. The lowest BCUT2D eigenvalue weighted by atomic mass is 9.67. The van der Waals surface area contributed by atoms with Crippen molar-refractivity contribution in [2.75, 3.05) is 9.80 Å². The Morgan fingerprint density at radius 3 is 0.875 bits per heavy atom. The fourth-order valence-electron chi connectivity index (χ4n) is 15.4. The molecular weight excluding hydrogens is 1100 g/mol. The van der Waals surface area contributed by atoms with Gasteiger partial charge in [-0.1, -0.05) is 243 Å². The summed E-state index contributed by atoms with van der Waals surface area (Å²) in [5, 5.41) is 7.75. The van der Waals surface area contributed by atoms with Gasteiger partial charge in [-0.2, -0.15) is 0 Å². The van der Waals surface area contributed by atoms with Gasteiger partial charge >= 0.3 is 0 Å². The predicted octanol–water partition coefficient (Wildman–Crippen LogP) is 23.2. The van der Waals surface area contributed by atoms with E-state index in [4.69, 9.17) is 0 Å². The second kappa shape index (κ2) is 20.0. The minimum atomic E-state index is -0.509. The number of para-hydroxylation sites is 2. The summed E-state index contributed by atoms with van der Waals surface area (Å²) in [5.74, 6) is 0. The highest BCUT2D eigenvalue weighted by Gasteiger charge is 2.47. The number of thiophene rings is 2. The smallest absolute Gasteiger partial charge is 0.0714 e. The van der Waals surface area contributed by atoms with Gasteiger partial charge < -0.3 is 9.80 Å². The Bertz CT molecular complexity index is 4980. The fraction of sp³-hybridized carbons (Fsp3) is 0.0238. The Morgan fingerprint density at radius 2 is 0.500 bits per heavy atom. The van der Waals surface area contributed by atoms with E-state index in [-0.39, 0.29) is 0 Å². The molecule has 2 aliphatic rings. The SMILES string of the molecule is c1ccc(N(c2cccc(C3(c4ccccc4)c4ccccc4-c4ccccc43)c2)c2ccc3c(c2)sc2ccc4c(ccc5sc6cc(N(c7ccccc7)c7cccc(C8(c9ccccc9)c9ccccc9-c9ccccc98)c7)ccc6c54)c23)cc1. The van der Waals surface area contributed by atoms with Crippen molar-refractivity contribution in [2.24, 2.45) is 0 Å². The van der Waals surface area contributed by atoms with Crippen LogP contribution in [0, 0.1) is 0 Å². The molecular formula is C84H54N2S2. The molecule has 0 N–H and O–H groups in total. The molecule has 0 unspecified atom stereocenters. The van der Waals surface area contributed by atoms with Crippen LogP contribution in [0.5, 0.6) is 0 Å². The van der Waals surface area contributed by atoms with E-state index in [2.05, 4.69) is 337 Å². The molecule has 14 aromatic carbocycles. The number of fused-ring (bicyclic) bond motifs is 15. The second-order valence-electron chi connectivity index (χ2n) is 23.4. The van der Waals surface area contributed by atoms with E-state index in [0.717, 1.165) is 34.1 Å². The highest BCUT2D eigenvalue weighted by molar-refractivity contribution is 7.26. The molecule has 0 amide bonds. The van der Waals surface area contributed by atoms with Gasteiger partial charge in [-0.15, -0.1) is 22.7 Å². The van der Waals surface area contributed by atoms with Crippen molar-refractivity contribution in [1.29, 1.82) is 0 Å². The molecule has 0 saturated carbocycles. The number of hydrogen-bond acceptors (Lipinski definition) is 4. The first-order chi connectivity index (χ1) is 43.6. The normalized spacial score (nSPS) is 13.4. The van der Waals surface area contributed by atoms with Crippen molar-refractivity contribution < 1.29 is 0 Å². The molecule has 0 bridgehead atoms. The Morgan fingerprint density at radius 1 is 0.205 bits per heavy atom. The van der Waals surface area contributed by atoms with Gasteiger partial charge in [-0.25, -0.2) is 0 Å². The molecule has 0 spiro atoms. The summed E-state index contributed by atoms with van der Waals surface area (Å²) in [7, 11) is 0. The summed E-state index contributed by atoms with van der Waals surface area (Å²) in [6, 6.07) is 122. The van der Waals surface area contributed by atoms with Gasteiger partial charge in [0.1, 0.15) is 0 Å². The van der Waals surface area contributed by atoms with Crippen LogP contribution < -0.4 is 9.80 Å². The average molecular weight is 1160 g/mol. The monoisotopic (exact) mass is 1150 g/mol. The summed E-state index contributed by atoms with van der Waals surface area (Å²) in [4.78, 5) is 4.88. The quantitative estimate of drug-likeness (QED) is 0.135. The lowest BCUT2D eigenvalue weighted by Crippen LogP contribution is -2.28. The first-order valence-electron chi connectivity index (χ1n) is 30.3. The van der Waals surface area contributed by atoms with Crippen molar-refractivity contribution in [2.45, 2.75) is 10.8 Å². The van der Waals surface area contributed by atoms with Crippen LogP contribution in [-0.4, -0.2) is 0 Å². The maximum absolute atomic E-state index is 2.44. The first-order valence-corrected chi connectivity index (χ1v) is 31.9. The molecule has 412 valence electrons. The van der Waals surface area contributed by atoms with E-state index >= 15 is 0 Å². The van der Waals surface area contributed by atoms with E-state index < -0.39 is 10.8 Å². The highest BCUT2D eigenvalue weighted by atomic mass is 32.1. The van der Waals surface area contributed by atoms with Crippen LogP contribution in [0.2, 0.25) is 0 Å². The topological polar surface area (TPSA) is 6.48 Å². The van der Waals surface area contributed by atoms with Crippen molar-refractivity contribution in [3.63, 3.8) is 0 Å². The molecule has 0 fully saturated rings. The third-order valence-electron chi connectivity index (χ3n) is 19.0. The zero-order valence-corrected chi connectivity index (χ0v) is 49.5. The van der Waals surface area contributed by atoms with Gasteiger partial charge in [-0.3, -0.25) is 0 Å². The van der Waals surface area contributed by atoms with Crippen LogP contribution in [0.15, 0.2) is 328 Å². The number of hydrogen-bond donors (Lipinski definition) is 0. The second-order valence-corrected chi connectivity index (χ2v) is 25.6. The van der Waals surface area contributed by atoms with Crippen LogP contribution >= 0.6 is 22.7 Å². The third-order valence-corrected chi connectivity index (χ3v) is 21.2. The molecule has 0 aliphatic heterocycles. The summed E-state index contributed by atoms with van der Waals surface area (Å²) in [5.41, 5.74) is 21.1. The summed E-state index contributed by atoms with van der Waals surface area (Å²) >= 11 is 3.77. The zero-order valence-electron chi connectivity index (χ0n) is 47.9. The molecule has 0 saturated heterocycles. The molecule has 18 rings (SSSR count). The van der Waals surface area contributed by atoms with Gasteiger partial charge in [0, 0.05) is 74.5 Å². The molecule has 4 heteroatoms. The highest BCUT2D eigenvalue weighted by Crippen LogP contribution is 2.59. The minimum Gasteiger partial charge on any atom is -0.310 e. The lowest BCUT2D eigenvalue weighted by molar-refractivity contribution is 0.768. The van der Waals surface area contributed by atoms with Crippen LogP contribution in [-0.2, 0) is 10.8 Å². The van der Waals surface area contributed by atoms with E-state index in [9.17, 15) is 0 Å². The van der Waals surface area contributed by atoms with Gasteiger partial charge in [0.15, 0.2) is 0 Å². The van der Waals surface area contributed by atoms with E-state index in [1.165, 1.54) is 118 Å². The van der Waals surface area contributed by atoms with Crippen molar-refractivity contribution in [3.05, 3.63) is 372 Å². The predicted molar refractivity (Wildman–Crippen MR) is 374 cm³/mol. The molecule has 2 heterocycles. The van der Waals surface area contributed by atoms with E-state index in [1.54, 1.807) is 0 Å². The minimum absolute atomic E-state index is 0.509. The number of rotatable bonds is 10. The standard InChI is InChI=1S/C84H54N2S2/c1-5-23-55(24-6-1)83(73-39-17-13-35-65(73)66-36-14-18-40-74(66)83)57-27-21-33-61(51-57)85(59-29-9-3-10-30-59)63-43-45-71-79(53-63)87-77-49-47-70-69(81(71)77)48-50-78-82(70)72-46-44-64(54-80(72)88-78)86(60-31-11-4-12-32-60)62-34-22-28-58(52-62)84(56-25-7-2-8-26-56)75-41-19-15-37-67(75)68-38-16-20-42-76(68)84/h1-54H. The molecule has 0 atom stereocenters. The number of anilines is 6. The maximum atomic E-state index is 2.44. The molecule has 16 aromatic rings. The Labute approximate surface area is 519 Å². The van der Waals surface area contributed by atoms with E-state index in [1.807, 2.05) is 22.7 Å². The zero-order chi connectivity index (χ0) is 57.9. The van der Waals surface area contributed by atoms with E-state index in [0.29, 0.717) is 0 Å². The molecule has 2 aliphatic carbocycles. The Balaban J connectivity index is 0.752.